The molecule has 14 heavy (non-hydrogen) atoms. The molecule has 0 aromatic rings. The number of Topliss-reactive ketones (excluding diaryl/α,β-unsaturated/α-hetero) is 1. The SMILES string of the molecule is [C-]#[N+][C@](C/C=C/Cl)(CC(C)=O)C(=O)O. The molecular formula is C9H10ClNO3. The Hall–Kier alpha value is -1.34. The number of hydrogen-bond donors (Lipinski definition) is 1. The first-order valence-corrected chi connectivity index (χ1v) is 4.29. The van der Waals surface area contributed by atoms with Gasteiger partial charge < -0.3 is 5.11 Å². The molecule has 1 N–H and O–H groups in total. The van der Waals surface area contributed by atoms with Crippen molar-refractivity contribution in [2.24, 2.45) is 0 Å². The molecule has 0 spiro atoms. The van der Waals surface area contributed by atoms with Crippen LogP contribution in [0.1, 0.15) is 19.8 Å². The van der Waals surface area contributed by atoms with Crippen molar-refractivity contribution in [2.45, 2.75) is 25.3 Å². The number of rotatable bonds is 5. The van der Waals surface area contributed by atoms with E-state index in [1.165, 1.54) is 13.0 Å². The first kappa shape index (κ1) is 12.7. The van der Waals surface area contributed by atoms with E-state index in [0.29, 0.717) is 0 Å². The van der Waals surface area contributed by atoms with Crippen LogP contribution in [0.3, 0.4) is 0 Å². The molecule has 0 bridgehead atoms. The smallest absolute Gasteiger partial charge is 0.391 e. The lowest BCUT2D eigenvalue weighted by Crippen LogP contribution is -2.36. The van der Waals surface area contributed by atoms with E-state index in [-0.39, 0.29) is 18.6 Å². The zero-order valence-electron chi connectivity index (χ0n) is 7.66. The van der Waals surface area contributed by atoms with E-state index >= 15 is 0 Å². The summed E-state index contributed by atoms with van der Waals surface area (Å²) in [6.45, 7) is 8.08. The molecule has 0 radical (unpaired) electrons. The first-order valence-electron chi connectivity index (χ1n) is 3.85. The summed E-state index contributed by atoms with van der Waals surface area (Å²) in [4.78, 5) is 24.7. The van der Waals surface area contributed by atoms with Crippen molar-refractivity contribution < 1.29 is 14.7 Å². The summed E-state index contributed by atoms with van der Waals surface area (Å²) in [6.07, 6.45) is 0.999. The van der Waals surface area contributed by atoms with E-state index in [1.54, 1.807) is 0 Å². The van der Waals surface area contributed by atoms with Gasteiger partial charge >= 0.3 is 11.5 Å². The van der Waals surface area contributed by atoms with E-state index in [2.05, 4.69) is 4.85 Å². The monoisotopic (exact) mass is 215 g/mol. The lowest BCUT2D eigenvalue weighted by atomic mass is 9.90. The van der Waals surface area contributed by atoms with Gasteiger partial charge in [0.2, 0.25) is 0 Å². The Morgan fingerprint density at radius 2 is 2.21 bits per heavy atom. The maximum absolute atomic E-state index is 10.9. The van der Waals surface area contributed by atoms with Gasteiger partial charge in [0.25, 0.3) is 0 Å². The van der Waals surface area contributed by atoms with Crippen LogP contribution in [0, 0.1) is 6.57 Å². The highest BCUT2D eigenvalue weighted by Gasteiger charge is 2.45. The molecule has 0 rings (SSSR count). The second-order valence-corrected chi connectivity index (χ2v) is 3.15. The van der Waals surface area contributed by atoms with Crippen LogP contribution in [0.5, 0.6) is 0 Å². The zero-order valence-corrected chi connectivity index (χ0v) is 8.41. The summed E-state index contributed by atoms with van der Waals surface area (Å²) in [5.74, 6) is -1.62. The first-order chi connectivity index (χ1) is 6.48. The summed E-state index contributed by atoms with van der Waals surface area (Å²) in [5.41, 5.74) is -0.555. The summed E-state index contributed by atoms with van der Waals surface area (Å²) in [6, 6.07) is 0. The Morgan fingerprint density at radius 3 is 2.50 bits per heavy atom. The molecule has 0 aliphatic rings. The van der Waals surface area contributed by atoms with Crippen molar-refractivity contribution in [2.75, 3.05) is 0 Å². The molecule has 76 valence electrons. The Labute approximate surface area is 87.0 Å². The number of carboxylic acids is 1. The molecule has 0 aliphatic heterocycles. The predicted octanol–water partition coefficient (Wildman–Crippen LogP) is 1.85. The molecule has 0 aliphatic carbocycles. The van der Waals surface area contributed by atoms with Crippen LogP contribution in [-0.2, 0) is 9.59 Å². The average molecular weight is 216 g/mol. The molecule has 0 amide bonds. The summed E-state index contributed by atoms with van der Waals surface area (Å²) in [5, 5.41) is 8.86. The standard InChI is InChI=1S/C9H10ClNO3/c1-7(12)6-9(11-2,8(13)14)4-3-5-10/h3,5H,4,6H2,1H3,(H,13,14)/b5-3+/t9-/m1/s1. The minimum absolute atomic E-state index is 0.0606. The van der Waals surface area contributed by atoms with Crippen LogP contribution in [0.2, 0.25) is 0 Å². The highest BCUT2D eigenvalue weighted by Crippen LogP contribution is 2.22. The largest absolute Gasteiger partial charge is 0.475 e. The number of carboxylic acid groups (broad SMARTS) is 1. The van der Waals surface area contributed by atoms with Crippen LogP contribution < -0.4 is 0 Å². The highest BCUT2D eigenvalue weighted by molar-refractivity contribution is 6.25. The molecule has 0 saturated heterocycles. The number of carbonyl (C=O) groups excluding carboxylic acids is 1. The van der Waals surface area contributed by atoms with Crippen molar-refractivity contribution >= 4 is 23.4 Å². The van der Waals surface area contributed by atoms with Crippen molar-refractivity contribution in [3.05, 3.63) is 23.0 Å². The van der Waals surface area contributed by atoms with Crippen molar-refractivity contribution in [3.8, 4) is 0 Å². The van der Waals surface area contributed by atoms with Gasteiger partial charge in [-0.3, -0.25) is 9.64 Å². The van der Waals surface area contributed by atoms with Gasteiger partial charge in [-0.2, -0.15) is 0 Å². The number of halogens is 1. The van der Waals surface area contributed by atoms with Crippen LogP contribution in [0.15, 0.2) is 11.6 Å². The quantitative estimate of drug-likeness (QED) is 0.712. The van der Waals surface area contributed by atoms with E-state index in [4.69, 9.17) is 23.3 Å². The minimum atomic E-state index is -1.70. The predicted molar refractivity (Wildman–Crippen MR) is 51.9 cm³/mol. The second kappa shape index (κ2) is 5.40. The van der Waals surface area contributed by atoms with E-state index in [9.17, 15) is 9.59 Å². The maximum atomic E-state index is 10.9. The highest BCUT2D eigenvalue weighted by atomic mass is 35.5. The van der Waals surface area contributed by atoms with Crippen molar-refractivity contribution in [1.29, 1.82) is 0 Å². The third-order valence-electron chi connectivity index (χ3n) is 1.70. The Morgan fingerprint density at radius 1 is 1.64 bits per heavy atom. The minimum Gasteiger partial charge on any atom is -0.475 e. The fraction of sp³-hybridized carbons (Fsp3) is 0.444. The van der Waals surface area contributed by atoms with Gasteiger partial charge in [0.05, 0.1) is 12.8 Å². The van der Waals surface area contributed by atoms with E-state index < -0.39 is 11.5 Å². The third kappa shape index (κ3) is 3.19. The molecule has 1 atom stereocenters. The van der Waals surface area contributed by atoms with Gasteiger partial charge in [0, 0.05) is 5.54 Å². The number of ketones is 1. The molecule has 0 heterocycles. The molecule has 4 nitrogen and oxygen atoms in total. The number of nitrogens with zero attached hydrogens (tertiary/aromatic N) is 1. The second-order valence-electron chi connectivity index (χ2n) is 2.89. The third-order valence-corrected chi connectivity index (χ3v) is 1.88. The van der Waals surface area contributed by atoms with Crippen LogP contribution >= 0.6 is 11.6 Å². The van der Waals surface area contributed by atoms with E-state index in [1.807, 2.05) is 0 Å². The van der Waals surface area contributed by atoms with Crippen LogP contribution in [0.4, 0.5) is 0 Å². The summed E-state index contributed by atoms with van der Waals surface area (Å²) >= 11 is 5.24. The Kier molecular flexibility index (Phi) is 4.89. The molecule has 0 aromatic heterocycles. The van der Waals surface area contributed by atoms with Gasteiger partial charge in [0.15, 0.2) is 0 Å². The lowest BCUT2D eigenvalue weighted by molar-refractivity contribution is -0.143. The summed E-state index contributed by atoms with van der Waals surface area (Å²) < 4.78 is 0. The van der Waals surface area contributed by atoms with Gasteiger partial charge in [0.1, 0.15) is 5.78 Å². The van der Waals surface area contributed by atoms with Crippen LogP contribution in [-0.4, -0.2) is 22.4 Å². The van der Waals surface area contributed by atoms with Crippen molar-refractivity contribution in [1.82, 2.24) is 0 Å². The topological polar surface area (TPSA) is 58.7 Å². The molecule has 5 heteroatoms. The maximum Gasteiger partial charge on any atom is 0.391 e. The molecular weight excluding hydrogens is 206 g/mol. The summed E-state index contributed by atoms with van der Waals surface area (Å²) in [7, 11) is 0. The van der Waals surface area contributed by atoms with Crippen LogP contribution in [0.25, 0.3) is 4.85 Å². The normalized spacial score (nSPS) is 14.6. The Bertz CT molecular complexity index is 306. The van der Waals surface area contributed by atoms with E-state index in [0.717, 1.165) is 5.54 Å². The molecule has 0 saturated carbocycles. The fourth-order valence-corrected chi connectivity index (χ4v) is 1.11. The average Bonchev–Trinajstić information content (AvgIpc) is 2.11. The lowest BCUT2D eigenvalue weighted by Gasteiger charge is -2.13. The fourth-order valence-electron chi connectivity index (χ4n) is 1.02. The number of hydrogen-bond acceptors (Lipinski definition) is 2. The van der Waals surface area contributed by atoms with Gasteiger partial charge in [-0.25, -0.2) is 11.4 Å². The molecule has 0 unspecified atom stereocenters. The van der Waals surface area contributed by atoms with Gasteiger partial charge in [-0.05, 0) is 6.92 Å². The van der Waals surface area contributed by atoms with Gasteiger partial charge in [-0.1, -0.05) is 17.7 Å². The number of aliphatic carboxylic acids is 1. The Balaban J connectivity index is 4.90. The number of carbonyl (C=O) groups is 2. The molecule has 0 fully saturated rings. The van der Waals surface area contributed by atoms with Crippen molar-refractivity contribution in [3.63, 3.8) is 0 Å². The van der Waals surface area contributed by atoms with Gasteiger partial charge in [-0.15, -0.1) is 0 Å². The molecule has 0 aromatic carbocycles. The zero-order chi connectivity index (χ0) is 11.2.